The van der Waals surface area contributed by atoms with E-state index in [4.69, 9.17) is 9.15 Å². The summed E-state index contributed by atoms with van der Waals surface area (Å²) in [5, 5.41) is 11.9. The summed E-state index contributed by atoms with van der Waals surface area (Å²) >= 11 is 0. The summed E-state index contributed by atoms with van der Waals surface area (Å²) in [5.74, 6) is 1.91. The highest BCUT2D eigenvalue weighted by Crippen LogP contribution is 2.37. The van der Waals surface area contributed by atoms with Crippen molar-refractivity contribution in [1.29, 1.82) is 0 Å². The van der Waals surface area contributed by atoms with Crippen molar-refractivity contribution in [3.05, 3.63) is 120 Å². The van der Waals surface area contributed by atoms with Crippen LogP contribution in [-0.4, -0.2) is 41.8 Å². The van der Waals surface area contributed by atoms with Gasteiger partial charge in [0.2, 0.25) is 0 Å². The van der Waals surface area contributed by atoms with E-state index in [-0.39, 0.29) is 17.0 Å². The Morgan fingerprint density at radius 2 is 1.38 bits per heavy atom. The van der Waals surface area contributed by atoms with Crippen LogP contribution in [0.4, 0.5) is 0 Å². The highest BCUT2D eigenvalue weighted by Gasteiger charge is 2.38. The van der Waals surface area contributed by atoms with Crippen LogP contribution in [0.3, 0.4) is 0 Å². The van der Waals surface area contributed by atoms with Crippen LogP contribution in [-0.2, 0) is 12.1 Å². The lowest BCUT2D eigenvalue weighted by Gasteiger charge is -2.29. The van der Waals surface area contributed by atoms with Gasteiger partial charge in [0.15, 0.2) is 17.9 Å². The molecule has 0 aliphatic rings. The third-order valence-corrected chi connectivity index (χ3v) is 5.78. The molecule has 0 radical (unpaired) electrons. The van der Waals surface area contributed by atoms with Crippen LogP contribution in [0.1, 0.15) is 29.2 Å². The standard InChI is InChI=1S/C28H31N2O3.BrH/c1-30(2,19-12-20-32-25-17-10-5-11-18-25)22-27-29-21-26(33-27)28(31,23-13-6-3-7-14-23)24-15-8-4-9-16-24;/h3-11,13-18,21,31H,12,19-20,22H2,1-2H3;1H/q+1;/p-1. The zero-order chi connectivity index (χ0) is 23.2. The van der Waals surface area contributed by atoms with Crippen LogP contribution in [0.15, 0.2) is 102 Å². The van der Waals surface area contributed by atoms with Crippen molar-refractivity contribution in [2.45, 2.75) is 18.6 Å². The number of halogens is 1. The maximum absolute atomic E-state index is 11.9. The Morgan fingerprint density at radius 1 is 0.853 bits per heavy atom. The molecule has 1 aromatic heterocycles. The molecule has 0 saturated heterocycles. The van der Waals surface area contributed by atoms with Crippen LogP contribution in [0.5, 0.6) is 5.75 Å². The summed E-state index contributed by atoms with van der Waals surface area (Å²) in [6.45, 7) is 2.18. The minimum Gasteiger partial charge on any atom is -1.00 e. The van der Waals surface area contributed by atoms with E-state index in [2.05, 4.69) is 19.1 Å². The Balaban J connectivity index is 0.00000324. The first kappa shape index (κ1) is 25.7. The number of ether oxygens (including phenoxy) is 1. The lowest BCUT2D eigenvalue weighted by atomic mass is 9.84. The highest BCUT2D eigenvalue weighted by molar-refractivity contribution is 5.42. The molecule has 178 valence electrons. The fourth-order valence-corrected chi connectivity index (χ4v) is 4.01. The first-order chi connectivity index (χ1) is 16.0. The molecule has 0 unspecified atom stereocenters. The SMILES string of the molecule is C[N+](C)(CCCOc1ccccc1)Cc1ncc(C(O)(c2ccccc2)c2ccccc2)o1.[Br-]. The van der Waals surface area contributed by atoms with Crippen LogP contribution in [0, 0.1) is 0 Å². The van der Waals surface area contributed by atoms with Crippen LogP contribution < -0.4 is 21.7 Å². The Kier molecular flexibility index (Phi) is 8.67. The second-order valence-corrected chi connectivity index (χ2v) is 8.89. The molecule has 0 atom stereocenters. The van der Waals surface area contributed by atoms with Gasteiger partial charge in [-0.15, -0.1) is 0 Å². The number of nitrogens with zero attached hydrogens (tertiary/aromatic N) is 2. The van der Waals surface area contributed by atoms with Crippen molar-refractivity contribution in [2.24, 2.45) is 0 Å². The fourth-order valence-electron chi connectivity index (χ4n) is 4.01. The van der Waals surface area contributed by atoms with E-state index in [9.17, 15) is 5.11 Å². The molecule has 4 aromatic rings. The van der Waals surface area contributed by atoms with Crippen molar-refractivity contribution in [1.82, 2.24) is 4.98 Å². The third-order valence-electron chi connectivity index (χ3n) is 5.78. The number of quaternary nitrogens is 1. The molecule has 5 nitrogen and oxygen atoms in total. The summed E-state index contributed by atoms with van der Waals surface area (Å²) in [5.41, 5.74) is 0.0745. The number of hydrogen-bond donors (Lipinski definition) is 1. The van der Waals surface area contributed by atoms with E-state index in [1.807, 2.05) is 91.0 Å². The maximum Gasteiger partial charge on any atom is 0.250 e. The fraction of sp³-hybridized carbons (Fsp3) is 0.250. The van der Waals surface area contributed by atoms with Gasteiger partial charge in [0.25, 0.3) is 5.89 Å². The predicted molar refractivity (Wildman–Crippen MR) is 129 cm³/mol. The number of benzene rings is 3. The number of hydrogen-bond acceptors (Lipinski definition) is 4. The molecule has 0 aliphatic heterocycles. The number of aliphatic hydroxyl groups is 1. The van der Waals surface area contributed by atoms with Crippen LogP contribution in [0.2, 0.25) is 0 Å². The summed E-state index contributed by atoms with van der Waals surface area (Å²) in [6.07, 6.45) is 2.56. The summed E-state index contributed by atoms with van der Waals surface area (Å²) in [4.78, 5) is 4.52. The number of oxazole rings is 1. The van der Waals surface area contributed by atoms with Gasteiger partial charge < -0.3 is 35.7 Å². The Morgan fingerprint density at radius 3 is 1.94 bits per heavy atom. The summed E-state index contributed by atoms with van der Waals surface area (Å²) in [6, 6.07) is 29.0. The molecule has 1 N–H and O–H groups in total. The number of para-hydroxylation sites is 1. The van der Waals surface area contributed by atoms with Gasteiger partial charge in [0.1, 0.15) is 5.75 Å². The second kappa shape index (κ2) is 11.5. The average molecular weight is 523 g/mol. The lowest BCUT2D eigenvalue weighted by Crippen LogP contribution is -3.00. The topological polar surface area (TPSA) is 55.5 Å². The second-order valence-electron chi connectivity index (χ2n) is 8.89. The van der Waals surface area contributed by atoms with E-state index in [1.165, 1.54) is 0 Å². The molecule has 4 rings (SSSR count). The molecule has 6 heteroatoms. The molecule has 0 saturated carbocycles. The van der Waals surface area contributed by atoms with E-state index >= 15 is 0 Å². The largest absolute Gasteiger partial charge is 1.00 e. The Hall–Kier alpha value is -2.93. The van der Waals surface area contributed by atoms with Gasteiger partial charge in [-0.1, -0.05) is 78.9 Å². The maximum atomic E-state index is 11.9. The molecular weight excluding hydrogens is 492 g/mol. The monoisotopic (exact) mass is 522 g/mol. The number of rotatable bonds is 10. The van der Waals surface area contributed by atoms with Crippen molar-refractivity contribution in [3.8, 4) is 5.75 Å². The summed E-state index contributed by atoms with van der Waals surface area (Å²) in [7, 11) is 4.29. The molecule has 0 fully saturated rings. The summed E-state index contributed by atoms with van der Waals surface area (Å²) < 4.78 is 12.7. The predicted octanol–water partition coefficient (Wildman–Crippen LogP) is 2.01. The average Bonchev–Trinajstić information content (AvgIpc) is 3.31. The molecule has 0 amide bonds. The zero-order valence-electron chi connectivity index (χ0n) is 19.6. The van der Waals surface area contributed by atoms with E-state index in [1.54, 1.807) is 6.20 Å². The minimum absolute atomic E-state index is 0. The van der Waals surface area contributed by atoms with E-state index in [0.29, 0.717) is 29.3 Å². The smallest absolute Gasteiger partial charge is 0.250 e. The van der Waals surface area contributed by atoms with Gasteiger partial charge in [-0.25, -0.2) is 4.98 Å². The van der Waals surface area contributed by atoms with Crippen LogP contribution in [0.25, 0.3) is 0 Å². The van der Waals surface area contributed by atoms with Gasteiger partial charge >= 0.3 is 0 Å². The zero-order valence-corrected chi connectivity index (χ0v) is 21.2. The quantitative estimate of drug-likeness (QED) is 0.255. The lowest BCUT2D eigenvalue weighted by molar-refractivity contribution is -0.905. The van der Waals surface area contributed by atoms with Gasteiger partial charge in [-0.05, 0) is 23.3 Å². The van der Waals surface area contributed by atoms with Gasteiger partial charge in [-0.2, -0.15) is 0 Å². The minimum atomic E-state index is -1.41. The van der Waals surface area contributed by atoms with Crippen molar-refractivity contribution >= 4 is 0 Å². The molecule has 0 spiro atoms. The first-order valence-corrected chi connectivity index (χ1v) is 11.3. The highest BCUT2D eigenvalue weighted by atomic mass is 79.9. The van der Waals surface area contributed by atoms with E-state index < -0.39 is 5.60 Å². The van der Waals surface area contributed by atoms with Crippen molar-refractivity contribution in [2.75, 3.05) is 27.2 Å². The normalized spacial score (nSPS) is 11.6. The van der Waals surface area contributed by atoms with Crippen molar-refractivity contribution in [3.63, 3.8) is 0 Å². The molecule has 1 heterocycles. The molecule has 34 heavy (non-hydrogen) atoms. The molecule has 0 bridgehead atoms. The van der Waals surface area contributed by atoms with Crippen molar-refractivity contribution < 1.29 is 35.7 Å². The van der Waals surface area contributed by atoms with Gasteiger partial charge in [-0.3, -0.25) is 0 Å². The Labute approximate surface area is 212 Å². The van der Waals surface area contributed by atoms with Gasteiger partial charge in [0.05, 0.1) is 33.4 Å². The first-order valence-electron chi connectivity index (χ1n) is 11.3. The Bertz CT molecular complexity index is 1090. The molecule has 3 aromatic carbocycles. The van der Waals surface area contributed by atoms with E-state index in [0.717, 1.165) is 29.8 Å². The molecule has 0 aliphatic carbocycles. The number of aromatic nitrogens is 1. The third kappa shape index (κ3) is 6.14. The van der Waals surface area contributed by atoms with Gasteiger partial charge in [0, 0.05) is 6.42 Å². The molecular formula is C28H31BrN2O3. The van der Waals surface area contributed by atoms with Crippen LogP contribution >= 0.6 is 0 Å².